The minimum atomic E-state index is -2.64. The summed E-state index contributed by atoms with van der Waals surface area (Å²) in [5.74, 6) is 1.94. The summed E-state index contributed by atoms with van der Waals surface area (Å²) in [6, 6.07) is 64.5. The summed E-state index contributed by atoms with van der Waals surface area (Å²) >= 11 is 3.73. The minimum absolute atomic E-state index is 0.642. The lowest BCUT2D eigenvalue weighted by Crippen LogP contribution is -2.74. The summed E-state index contributed by atoms with van der Waals surface area (Å²) in [6.07, 6.45) is 0. The molecule has 48 heavy (non-hydrogen) atoms. The summed E-state index contributed by atoms with van der Waals surface area (Å²) in [7, 11) is -2.64. The van der Waals surface area contributed by atoms with E-state index < -0.39 is 8.07 Å². The highest BCUT2D eigenvalue weighted by molar-refractivity contribution is 9.10. The smallest absolute Gasteiger partial charge is 0.179 e. The van der Waals surface area contributed by atoms with E-state index in [1.807, 2.05) is 30.3 Å². The molecule has 0 unspecified atom stereocenters. The molecule has 0 fully saturated rings. The SMILES string of the molecule is Brc1ccc(-c2nc(-c3ccccc3)nc(-c3ccc([Si](c4ccccc4)(c4ccccc4)c4ccccc4)cc3)n2)c2ccccc12. The Hall–Kier alpha value is -5.49. The molecule has 8 aromatic rings. The van der Waals surface area contributed by atoms with Crippen molar-refractivity contribution in [2.24, 2.45) is 0 Å². The van der Waals surface area contributed by atoms with Gasteiger partial charge in [-0.1, -0.05) is 186 Å². The molecule has 1 heterocycles. The molecule has 7 aromatic carbocycles. The van der Waals surface area contributed by atoms with Crippen molar-refractivity contribution in [2.45, 2.75) is 0 Å². The van der Waals surface area contributed by atoms with Crippen molar-refractivity contribution in [1.29, 1.82) is 0 Å². The molecule has 0 saturated heterocycles. The van der Waals surface area contributed by atoms with Crippen LogP contribution in [-0.4, -0.2) is 23.0 Å². The van der Waals surface area contributed by atoms with E-state index >= 15 is 0 Å². The first-order chi connectivity index (χ1) is 23.7. The summed E-state index contributed by atoms with van der Waals surface area (Å²) in [5, 5.41) is 7.52. The third-order valence-electron chi connectivity index (χ3n) is 8.98. The van der Waals surface area contributed by atoms with Crippen LogP contribution in [0.4, 0.5) is 0 Å². The zero-order valence-corrected chi connectivity index (χ0v) is 28.6. The van der Waals surface area contributed by atoms with Gasteiger partial charge in [-0.15, -0.1) is 0 Å². The van der Waals surface area contributed by atoms with Gasteiger partial charge in [0.25, 0.3) is 0 Å². The van der Waals surface area contributed by atoms with E-state index in [4.69, 9.17) is 15.0 Å². The van der Waals surface area contributed by atoms with Crippen molar-refractivity contribution in [3.63, 3.8) is 0 Å². The molecule has 0 amide bonds. The van der Waals surface area contributed by atoms with Crippen LogP contribution >= 0.6 is 15.9 Å². The van der Waals surface area contributed by atoms with E-state index in [1.54, 1.807) is 0 Å². The molecule has 8 rings (SSSR count). The van der Waals surface area contributed by atoms with Gasteiger partial charge in [0.1, 0.15) is 0 Å². The Labute approximate surface area is 289 Å². The fraction of sp³-hybridized carbons (Fsp3) is 0. The zero-order chi connectivity index (χ0) is 32.3. The Bertz CT molecular complexity index is 2230. The van der Waals surface area contributed by atoms with Crippen LogP contribution in [-0.2, 0) is 0 Å². The number of rotatable bonds is 7. The summed E-state index contributed by atoms with van der Waals surface area (Å²) in [4.78, 5) is 15.2. The Kier molecular flexibility index (Phi) is 8.06. The first-order valence-corrected chi connectivity index (χ1v) is 18.8. The van der Waals surface area contributed by atoms with Gasteiger partial charge >= 0.3 is 0 Å². The highest BCUT2D eigenvalue weighted by Crippen LogP contribution is 2.33. The van der Waals surface area contributed by atoms with Crippen LogP contribution in [0.5, 0.6) is 0 Å². The second-order valence-electron chi connectivity index (χ2n) is 11.7. The van der Waals surface area contributed by atoms with E-state index in [0.717, 1.165) is 31.9 Å². The fourth-order valence-corrected chi connectivity index (χ4v) is 12.0. The Morgan fingerprint density at radius 2 is 0.729 bits per heavy atom. The molecule has 0 N–H and O–H groups in total. The highest BCUT2D eigenvalue weighted by Gasteiger charge is 2.41. The van der Waals surface area contributed by atoms with Crippen LogP contribution < -0.4 is 20.7 Å². The minimum Gasteiger partial charge on any atom is -0.208 e. The van der Waals surface area contributed by atoms with Crippen LogP contribution in [0, 0.1) is 0 Å². The van der Waals surface area contributed by atoms with Crippen molar-refractivity contribution in [3.05, 3.63) is 186 Å². The first-order valence-electron chi connectivity index (χ1n) is 16.0. The molecule has 0 bridgehead atoms. The van der Waals surface area contributed by atoms with Gasteiger partial charge in [0.2, 0.25) is 0 Å². The molecule has 0 aliphatic heterocycles. The summed E-state index contributed by atoms with van der Waals surface area (Å²) in [5.41, 5.74) is 2.86. The number of hydrogen-bond donors (Lipinski definition) is 0. The lowest BCUT2D eigenvalue weighted by atomic mass is 10.0. The zero-order valence-electron chi connectivity index (χ0n) is 26.0. The molecule has 0 aliphatic rings. The third-order valence-corrected chi connectivity index (χ3v) is 14.5. The fourth-order valence-electron chi connectivity index (χ4n) is 6.73. The average Bonchev–Trinajstić information content (AvgIpc) is 3.17. The number of hydrogen-bond acceptors (Lipinski definition) is 3. The topological polar surface area (TPSA) is 38.7 Å². The van der Waals surface area contributed by atoms with Gasteiger partial charge < -0.3 is 0 Å². The third kappa shape index (κ3) is 5.37. The van der Waals surface area contributed by atoms with Crippen LogP contribution in [0.2, 0.25) is 0 Å². The van der Waals surface area contributed by atoms with Crippen LogP contribution in [0.1, 0.15) is 0 Å². The van der Waals surface area contributed by atoms with Crippen LogP contribution in [0.25, 0.3) is 44.9 Å². The van der Waals surface area contributed by atoms with Gasteiger partial charge in [0, 0.05) is 21.2 Å². The number of benzene rings is 7. The number of nitrogens with zero attached hydrogens (tertiary/aromatic N) is 3. The maximum Gasteiger partial charge on any atom is 0.179 e. The number of aromatic nitrogens is 3. The molecule has 228 valence electrons. The lowest BCUT2D eigenvalue weighted by Gasteiger charge is -2.34. The molecule has 0 saturated carbocycles. The predicted octanol–water partition coefficient (Wildman–Crippen LogP) is 8.17. The Balaban J connectivity index is 1.32. The Morgan fingerprint density at radius 1 is 0.333 bits per heavy atom. The molecule has 0 spiro atoms. The quantitative estimate of drug-likeness (QED) is 0.125. The van der Waals surface area contributed by atoms with Crippen molar-refractivity contribution in [2.75, 3.05) is 0 Å². The van der Waals surface area contributed by atoms with Crippen LogP contribution in [0.3, 0.4) is 0 Å². The number of fused-ring (bicyclic) bond motifs is 1. The van der Waals surface area contributed by atoms with E-state index in [-0.39, 0.29) is 0 Å². The van der Waals surface area contributed by atoms with E-state index in [9.17, 15) is 0 Å². The second kappa shape index (κ2) is 13.0. The van der Waals surface area contributed by atoms with Crippen LogP contribution in [0.15, 0.2) is 186 Å². The average molecular weight is 697 g/mol. The van der Waals surface area contributed by atoms with E-state index in [1.165, 1.54) is 20.7 Å². The van der Waals surface area contributed by atoms with Crippen molar-refractivity contribution < 1.29 is 0 Å². The van der Waals surface area contributed by atoms with Gasteiger partial charge in [0.15, 0.2) is 25.5 Å². The monoisotopic (exact) mass is 695 g/mol. The van der Waals surface area contributed by atoms with E-state index in [0.29, 0.717) is 17.5 Å². The second-order valence-corrected chi connectivity index (χ2v) is 16.4. The molecule has 0 radical (unpaired) electrons. The van der Waals surface area contributed by atoms with Crippen molar-refractivity contribution >= 4 is 55.5 Å². The van der Waals surface area contributed by atoms with Crippen molar-refractivity contribution in [3.8, 4) is 34.2 Å². The van der Waals surface area contributed by atoms with E-state index in [2.05, 4.69) is 168 Å². The lowest BCUT2D eigenvalue weighted by molar-refractivity contribution is 1.08. The molecular formula is C43H30BrN3Si. The van der Waals surface area contributed by atoms with Gasteiger partial charge in [-0.05, 0) is 43.7 Å². The maximum atomic E-state index is 5.12. The molecule has 3 nitrogen and oxygen atoms in total. The summed E-state index contributed by atoms with van der Waals surface area (Å²) in [6.45, 7) is 0. The maximum absolute atomic E-state index is 5.12. The molecule has 5 heteroatoms. The predicted molar refractivity (Wildman–Crippen MR) is 205 cm³/mol. The molecular weight excluding hydrogens is 666 g/mol. The van der Waals surface area contributed by atoms with Gasteiger partial charge in [0.05, 0.1) is 0 Å². The Morgan fingerprint density at radius 3 is 1.25 bits per heavy atom. The first kappa shape index (κ1) is 29.9. The number of halogens is 1. The standard InChI is InChI=1S/C43H30BrN3Si/c44-40-30-29-39(37-23-13-14-24-38(37)40)43-46-41(31-15-5-1-6-16-31)45-42(47-43)32-25-27-36(28-26-32)48(33-17-7-2-8-18-33,34-19-9-3-10-20-34)35-21-11-4-12-22-35/h1-30H. The largest absolute Gasteiger partial charge is 0.208 e. The normalized spacial score (nSPS) is 11.4. The molecule has 1 aromatic heterocycles. The van der Waals surface area contributed by atoms with Gasteiger partial charge in [-0.25, -0.2) is 15.0 Å². The molecule has 0 aliphatic carbocycles. The summed E-state index contributed by atoms with van der Waals surface area (Å²) < 4.78 is 1.04. The highest BCUT2D eigenvalue weighted by atomic mass is 79.9. The van der Waals surface area contributed by atoms with Crippen molar-refractivity contribution in [1.82, 2.24) is 15.0 Å². The van der Waals surface area contributed by atoms with Gasteiger partial charge in [-0.3, -0.25) is 0 Å². The molecule has 0 atom stereocenters. The van der Waals surface area contributed by atoms with Gasteiger partial charge in [-0.2, -0.15) is 0 Å².